The number of nitrogens with one attached hydrogen (secondary N) is 1. The first kappa shape index (κ1) is 22.3. The molecule has 0 saturated carbocycles. The maximum atomic E-state index is 13.1. The van der Waals surface area contributed by atoms with Gasteiger partial charge >= 0.3 is 5.97 Å². The molecule has 1 atom stereocenters. The standard InChI is InChI=1S/C21H22N4O5S2/c1-14-8-10-15(11-9-14)32(28,29)25-12-3-2-7-18(25)21(27)30-13-19(26)22-16-5-4-6-17-20(16)24-31-23-17/h4-6,8-11,18H,2-3,7,12-13H2,1H3,(H,22,26)/t18-/m1/s1. The van der Waals surface area contributed by atoms with Crippen LogP contribution in [-0.2, 0) is 24.3 Å². The van der Waals surface area contributed by atoms with Gasteiger partial charge in [0.05, 0.1) is 22.3 Å². The lowest BCUT2D eigenvalue weighted by Crippen LogP contribution is -2.48. The Morgan fingerprint density at radius 3 is 2.72 bits per heavy atom. The van der Waals surface area contributed by atoms with Gasteiger partial charge in [-0.25, -0.2) is 8.42 Å². The molecular weight excluding hydrogens is 452 g/mol. The summed E-state index contributed by atoms with van der Waals surface area (Å²) < 4.78 is 40.9. The van der Waals surface area contributed by atoms with Crippen molar-refractivity contribution in [1.82, 2.24) is 13.1 Å². The molecule has 0 spiro atoms. The highest BCUT2D eigenvalue weighted by atomic mass is 32.2. The Balaban J connectivity index is 1.42. The summed E-state index contributed by atoms with van der Waals surface area (Å²) in [6.07, 6.45) is 1.70. The van der Waals surface area contributed by atoms with Crippen molar-refractivity contribution in [2.45, 2.75) is 37.1 Å². The van der Waals surface area contributed by atoms with Crippen LogP contribution >= 0.6 is 11.7 Å². The van der Waals surface area contributed by atoms with Gasteiger partial charge < -0.3 is 10.1 Å². The molecule has 1 saturated heterocycles. The number of anilines is 1. The number of hydrogen-bond acceptors (Lipinski definition) is 8. The Bertz CT molecular complexity index is 1240. The second-order valence-electron chi connectivity index (χ2n) is 7.53. The number of hydrogen-bond donors (Lipinski definition) is 1. The fourth-order valence-corrected chi connectivity index (χ4v) is 5.80. The molecule has 2 heterocycles. The van der Waals surface area contributed by atoms with E-state index in [0.717, 1.165) is 17.3 Å². The van der Waals surface area contributed by atoms with E-state index in [1.807, 2.05) is 6.92 Å². The molecule has 0 unspecified atom stereocenters. The molecule has 1 fully saturated rings. The number of rotatable bonds is 6. The summed E-state index contributed by atoms with van der Waals surface area (Å²) >= 11 is 1.03. The third-order valence-corrected chi connectivity index (χ3v) is 7.72. The first-order valence-corrected chi connectivity index (χ1v) is 12.3. The van der Waals surface area contributed by atoms with Gasteiger partial charge in [0.1, 0.15) is 17.1 Å². The van der Waals surface area contributed by atoms with E-state index in [4.69, 9.17) is 4.74 Å². The Morgan fingerprint density at radius 1 is 1.16 bits per heavy atom. The smallest absolute Gasteiger partial charge is 0.324 e. The molecule has 0 aliphatic carbocycles. The van der Waals surface area contributed by atoms with Crippen molar-refractivity contribution in [2.24, 2.45) is 0 Å². The van der Waals surface area contributed by atoms with Gasteiger partial charge in [-0.1, -0.05) is 23.8 Å². The van der Waals surface area contributed by atoms with Crippen LogP contribution in [0.15, 0.2) is 47.4 Å². The summed E-state index contributed by atoms with van der Waals surface area (Å²) in [5, 5.41) is 2.66. The van der Waals surface area contributed by atoms with Gasteiger partial charge in [0.2, 0.25) is 10.0 Å². The lowest BCUT2D eigenvalue weighted by molar-refractivity contribution is -0.152. The van der Waals surface area contributed by atoms with Crippen LogP contribution in [0.25, 0.3) is 11.0 Å². The predicted molar refractivity (Wildman–Crippen MR) is 120 cm³/mol. The Labute approximate surface area is 189 Å². The highest BCUT2D eigenvalue weighted by molar-refractivity contribution is 7.89. The highest BCUT2D eigenvalue weighted by Crippen LogP contribution is 2.26. The second-order valence-corrected chi connectivity index (χ2v) is 9.95. The maximum absolute atomic E-state index is 13.1. The van der Waals surface area contributed by atoms with Gasteiger partial charge in [0, 0.05) is 6.54 Å². The van der Waals surface area contributed by atoms with E-state index in [2.05, 4.69) is 14.1 Å². The number of ether oxygens (including phenoxy) is 1. The summed E-state index contributed by atoms with van der Waals surface area (Å²) in [6.45, 7) is 1.57. The second kappa shape index (κ2) is 9.31. The number of piperidine rings is 1. The van der Waals surface area contributed by atoms with Gasteiger partial charge in [-0.3, -0.25) is 9.59 Å². The van der Waals surface area contributed by atoms with Crippen LogP contribution < -0.4 is 5.32 Å². The first-order valence-electron chi connectivity index (χ1n) is 10.1. The summed E-state index contributed by atoms with van der Waals surface area (Å²) in [6, 6.07) is 10.7. The zero-order valence-electron chi connectivity index (χ0n) is 17.4. The minimum absolute atomic E-state index is 0.130. The zero-order chi connectivity index (χ0) is 22.7. The van der Waals surface area contributed by atoms with E-state index >= 15 is 0 Å². The third-order valence-electron chi connectivity index (χ3n) is 5.26. The summed E-state index contributed by atoms with van der Waals surface area (Å²) in [5.41, 5.74) is 2.62. The predicted octanol–water partition coefficient (Wildman–Crippen LogP) is 2.72. The number of benzene rings is 2. The van der Waals surface area contributed by atoms with E-state index in [1.165, 1.54) is 16.4 Å². The lowest BCUT2D eigenvalue weighted by atomic mass is 10.1. The van der Waals surface area contributed by atoms with E-state index < -0.39 is 34.5 Å². The van der Waals surface area contributed by atoms with Crippen LogP contribution in [0, 0.1) is 6.92 Å². The number of carbonyl (C=O) groups is 2. The minimum Gasteiger partial charge on any atom is -0.454 e. The number of fused-ring (bicyclic) bond motifs is 1. The highest BCUT2D eigenvalue weighted by Gasteiger charge is 2.38. The molecule has 0 radical (unpaired) electrons. The number of carbonyl (C=O) groups excluding carboxylic acids is 2. The number of esters is 1. The Morgan fingerprint density at radius 2 is 1.94 bits per heavy atom. The maximum Gasteiger partial charge on any atom is 0.324 e. The van der Waals surface area contributed by atoms with E-state index in [0.29, 0.717) is 36.0 Å². The van der Waals surface area contributed by atoms with Crippen molar-refractivity contribution in [2.75, 3.05) is 18.5 Å². The molecule has 0 bridgehead atoms. The molecule has 32 heavy (non-hydrogen) atoms. The van der Waals surface area contributed by atoms with Crippen LogP contribution in [0.1, 0.15) is 24.8 Å². The molecule has 9 nitrogen and oxygen atoms in total. The van der Waals surface area contributed by atoms with Crippen LogP contribution in [0.4, 0.5) is 5.69 Å². The average Bonchev–Trinajstić information content (AvgIpc) is 3.28. The summed E-state index contributed by atoms with van der Waals surface area (Å²) in [5.74, 6) is -1.27. The van der Waals surface area contributed by atoms with Crippen molar-refractivity contribution in [3.8, 4) is 0 Å². The summed E-state index contributed by atoms with van der Waals surface area (Å²) in [7, 11) is -3.86. The molecule has 1 aliphatic heterocycles. The fourth-order valence-electron chi connectivity index (χ4n) is 3.60. The van der Waals surface area contributed by atoms with Gasteiger partial charge in [0.25, 0.3) is 5.91 Å². The number of amides is 1. The van der Waals surface area contributed by atoms with Crippen molar-refractivity contribution in [3.63, 3.8) is 0 Å². The lowest BCUT2D eigenvalue weighted by Gasteiger charge is -2.33. The number of aryl methyl sites for hydroxylation is 1. The quantitative estimate of drug-likeness (QED) is 0.546. The zero-order valence-corrected chi connectivity index (χ0v) is 19.0. The van der Waals surface area contributed by atoms with Crippen molar-refractivity contribution < 1.29 is 22.7 Å². The minimum atomic E-state index is -3.86. The first-order chi connectivity index (χ1) is 15.4. The molecule has 2 aromatic carbocycles. The monoisotopic (exact) mass is 474 g/mol. The van der Waals surface area contributed by atoms with Crippen LogP contribution in [-0.4, -0.2) is 52.5 Å². The number of sulfonamides is 1. The van der Waals surface area contributed by atoms with Crippen LogP contribution in [0.3, 0.4) is 0 Å². The van der Waals surface area contributed by atoms with E-state index in [9.17, 15) is 18.0 Å². The average molecular weight is 475 g/mol. The van der Waals surface area contributed by atoms with Gasteiger partial charge in [-0.15, -0.1) is 0 Å². The molecule has 4 rings (SSSR count). The van der Waals surface area contributed by atoms with E-state index in [-0.39, 0.29) is 11.4 Å². The summed E-state index contributed by atoms with van der Waals surface area (Å²) in [4.78, 5) is 25.2. The molecule has 1 N–H and O–H groups in total. The van der Waals surface area contributed by atoms with Gasteiger partial charge in [-0.05, 0) is 50.5 Å². The van der Waals surface area contributed by atoms with E-state index in [1.54, 1.807) is 30.3 Å². The SMILES string of the molecule is Cc1ccc(S(=O)(=O)N2CCCC[C@@H]2C(=O)OCC(=O)Nc2cccc3nsnc23)cc1. The largest absolute Gasteiger partial charge is 0.454 e. The number of aromatic nitrogens is 2. The van der Waals surface area contributed by atoms with Crippen LogP contribution in [0.2, 0.25) is 0 Å². The molecular formula is C21H22N4O5S2. The molecule has 1 aliphatic rings. The molecule has 11 heteroatoms. The fraction of sp³-hybridized carbons (Fsp3) is 0.333. The molecule has 1 aromatic heterocycles. The third kappa shape index (κ3) is 4.64. The topological polar surface area (TPSA) is 119 Å². The van der Waals surface area contributed by atoms with Crippen molar-refractivity contribution >= 4 is 50.3 Å². The molecule has 1 amide bonds. The molecule has 3 aromatic rings. The van der Waals surface area contributed by atoms with Gasteiger partial charge in [-0.2, -0.15) is 13.1 Å². The Hall–Kier alpha value is -2.89. The Kier molecular flexibility index (Phi) is 6.49. The van der Waals surface area contributed by atoms with Crippen molar-refractivity contribution in [1.29, 1.82) is 0 Å². The van der Waals surface area contributed by atoms with Gasteiger partial charge in [0.15, 0.2) is 6.61 Å². The van der Waals surface area contributed by atoms with Crippen LogP contribution in [0.5, 0.6) is 0 Å². The number of nitrogens with zero attached hydrogens (tertiary/aromatic N) is 3. The van der Waals surface area contributed by atoms with Crippen molar-refractivity contribution in [3.05, 3.63) is 48.0 Å². The molecule has 168 valence electrons. The normalized spacial score (nSPS) is 17.2.